The second-order valence-corrected chi connectivity index (χ2v) is 7.52. The Balaban J connectivity index is 1.40. The number of aliphatic hydroxyl groups is 1. The summed E-state index contributed by atoms with van der Waals surface area (Å²) in [6.45, 7) is 2.38. The van der Waals surface area contributed by atoms with Gasteiger partial charge in [0.05, 0.1) is 12.1 Å². The van der Waals surface area contributed by atoms with Crippen molar-refractivity contribution in [2.45, 2.75) is 25.5 Å². The summed E-state index contributed by atoms with van der Waals surface area (Å²) in [5.74, 6) is 1.65. The lowest BCUT2D eigenvalue weighted by atomic mass is 9.90. The van der Waals surface area contributed by atoms with Gasteiger partial charge in [0.2, 0.25) is 0 Å². The molecule has 1 fully saturated rings. The SMILES string of the molecule is Cn1ccnc1C(O)C1CCN(Cc2nc3ccsc3c(=O)[nH]2)CC1. The molecule has 3 aromatic rings. The Kier molecular flexibility index (Phi) is 4.41. The highest BCUT2D eigenvalue weighted by Crippen LogP contribution is 2.30. The molecule has 0 radical (unpaired) electrons. The molecule has 0 aliphatic carbocycles. The third kappa shape index (κ3) is 3.24. The summed E-state index contributed by atoms with van der Waals surface area (Å²) >= 11 is 1.42. The van der Waals surface area contributed by atoms with Gasteiger partial charge in [-0.15, -0.1) is 11.3 Å². The van der Waals surface area contributed by atoms with Crippen LogP contribution in [0.3, 0.4) is 0 Å². The van der Waals surface area contributed by atoms with Gasteiger partial charge in [-0.2, -0.15) is 0 Å². The number of aliphatic hydroxyl groups excluding tert-OH is 1. The molecule has 7 nitrogen and oxygen atoms in total. The van der Waals surface area contributed by atoms with Crippen molar-refractivity contribution in [1.82, 2.24) is 24.4 Å². The molecule has 1 aliphatic heterocycles. The lowest BCUT2D eigenvalue weighted by molar-refractivity contribution is 0.0486. The molecular formula is C17H21N5O2S. The smallest absolute Gasteiger partial charge is 0.268 e. The van der Waals surface area contributed by atoms with Gasteiger partial charge in [-0.25, -0.2) is 9.97 Å². The van der Waals surface area contributed by atoms with Crippen molar-refractivity contribution in [2.24, 2.45) is 13.0 Å². The summed E-state index contributed by atoms with van der Waals surface area (Å²) in [7, 11) is 1.91. The molecular weight excluding hydrogens is 338 g/mol. The summed E-state index contributed by atoms with van der Waals surface area (Å²) in [6.07, 6.45) is 4.85. The van der Waals surface area contributed by atoms with Gasteiger partial charge in [0, 0.05) is 19.4 Å². The molecule has 2 N–H and O–H groups in total. The van der Waals surface area contributed by atoms with E-state index < -0.39 is 6.10 Å². The zero-order valence-electron chi connectivity index (χ0n) is 14.1. The fraction of sp³-hybridized carbons (Fsp3) is 0.471. The standard InChI is InChI=1S/C17H21N5O2S/c1-21-8-5-18-16(21)14(23)11-2-6-22(7-3-11)10-13-19-12-4-9-25-15(12)17(24)20-13/h4-5,8-9,11,14,23H,2-3,6-7,10H2,1H3,(H,19,20,24). The maximum atomic E-state index is 12.1. The molecule has 1 unspecified atom stereocenters. The average Bonchev–Trinajstić information content (AvgIpc) is 3.24. The number of aromatic nitrogens is 4. The van der Waals surface area contributed by atoms with Crippen LogP contribution in [0.2, 0.25) is 0 Å². The maximum Gasteiger partial charge on any atom is 0.268 e. The molecule has 1 aliphatic rings. The van der Waals surface area contributed by atoms with Crippen LogP contribution in [0.1, 0.15) is 30.6 Å². The Morgan fingerprint density at radius 1 is 1.44 bits per heavy atom. The van der Waals surface area contributed by atoms with Crippen LogP contribution in [-0.2, 0) is 13.6 Å². The predicted molar refractivity (Wildman–Crippen MR) is 96.4 cm³/mol. The lowest BCUT2D eigenvalue weighted by Gasteiger charge is -2.33. The maximum absolute atomic E-state index is 12.1. The highest BCUT2D eigenvalue weighted by molar-refractivity contribution is 7.17. The van der Waals surface area contributed by atoms with Gasteiger partial charge in [-0.3, -0.25) is 9.69 Å². The zero-order chi connectivity index (χ0) is 17.4. The summed E-state index contributed by atoms with van der Waals surface area (Å²) in [6, 6.07) is 1.88. The molecule has 0 saturated carbocycles. The van der Waals surface area contributed by atoms with E-state index in [0.717, 1.165) is 37.3 Å². The number of likely N-dealkylation sites (tertiary alicyclic amines) is 1. The summed E-state index contributed by atoms with van der Waals surface area (Å²) < 4.78 is 2.56. The second-order valence-electron chi connectivity index (χ2n) is 6.60. The minimum Gasteiger partial charge on any atom is -0.385 e. The van der Waals surface area contributed by atoms with Crippen LogP contribution in [-0.4, -0.2) is 42.6 Å². The van der Waals surface area contributed by atoms with Crippen molar-refractivity contribution in [2.75, 3.05) is 13.1 Å². The number of thiophene rings is 1. The number of nitrogens with zero attached hydrogens (tertiary/aromatic N) is 4. The molecule has 25 heavy (non-hydrogen) atoms. The normalized spacial score (nSPS) is 18.0. The van der Waals surface area contributed by atoms with Crippen LogP contribution in [0.5, 0.6) is 0 Å². The first-order valence-electron chi connectivity index (χ1n) is 8.46. The largest absolute Gasteiger partial charge is 0.385 e. The first-order chi connectivity index (χ1) is 12.1. The van der Waals surface area contributed by atoms with E-state index in [1.165, 1.54) is 11.3 Å². The molecule has 8 heteroatoms. The number of fused-ring (bicyclic) bond motifs is 1. The van der Waals surface area contributed by atoms with E-state index in [-0.39, 0.29) is 11.5 Å². The van der Waals surface area contributed by atoms with E-state index in [1.807, 2.05) is 29.3 Å². The van der Waals surface area contributed by atoms with Gasteiger partial charge in [-0.05, 0) is 43.3 Å². The summed E-state index contributed by atoms with van der Waals surface area (Å²) in [5.41, 5.74) is 0.707. The fourth-order valence-corrected chi connectivity index (χ4v) is 4.23. The van der Waals surface area contributed by atoms with E-state index in [0.29, 0.717) is 17.1 Å². The lowest BCUT2D eigenvalue weighted by Crippen LogP contribution is -2.36. The molecule has 1 atom stereocenters. The van der Waals surface area contributed by atoms with Gasteiger partial charge in [-0.1, -0.05) is 0 Å². The van der Waals surface area contributed by atoms with Crippen molar-refractivity contribution in [1.29, 1.82) is 0 Å². The monoisotopic (exact) mass is 359 g/mol. The molecule has 0 bridgehead atoms. The van der Waals surface area contributed by atoms with Crippen LogP contribution in [0.15, 0.2) is 28.6 Å². The Bertz CT molecular complexity index is 922. The van der Waals surface area contributed by atoms with Crippen molar-refractivity contribution >= 4 is 21.6 Å². The molecule has 132 valence electrons. The highest BCUT2D eigenvalue weighted by atomic mass is 32.1. The van der Waals surface area contributed by atoms with Crippen LogP contribution >= 0.6 is 11.3 Å². The first kappa shape index (κ1) is 16.4. The van der Waals surface area contributed by atoms with E-state index in [1.54, 1.807) is 6.20 Å². The topological polar surface area (TPSA) is 87.0 Å². The molecule has 3 aromatic heterocycles. The van der Waals surface area contributed by atoms with Crippen LogP contribution < -0.4 is 5.56 Å². The van der Waals surface area contributed by atoms with Crippen molar-refractivity contribution in [3.63, 3.8) is 0 Å². The van der Waals surface area contributed by atoms with Crippen LogP contribution in [0, 0.1) is 5.92 Å². The van der Waals surface area contributed by atoms with E-state index in [2.05, 4.69) is 19.9 Å². The average molecular weight is 359 g/mol. The summed E-state index contributed by atoms with van der Waals surface area (Å²) in [5, 5.41) is 12.5. The van der Waals surface area contributed by atoms with Gasteiger partial charge in [0.15, 0.2) is 0 Å². The van der Waals surface area contributed by atoms with E-state index >= 15 is 0 Å². The Morgan fingerprint density at radius 3 is 2.96 bits per heavy atom. The number of imidazole rings is 1. The van der Waals surface area contributed by atoms with Crippen molar-refractivity contribution in [3.05, 3.63) is 45.8 Å². The minimum atomic E-state index is -0.526. The third-order valence-electron chi connectivity index (χ3n) is 4.94. The van der Waals surface area contributed by atoms with Crippen molar-refractivity contribution < 1.29 is 5.11 Å². The Morgan fingerprint density at radius 2 is 2.24 bits per heavy atom. The van der Waals surface area contributed by atoms with Gasteiger partial charge in [0.1, 0.15) is 22.5 Å². The number of rotatable bonds is 4. The number of nitrogens with one attached hydrogen (secondary N) is 1. The summed E-state index contributed by atoms with van der Waals surface area (Å²) in [4.78, 5) is 26.0. The third-order valence-corrected chi connectivity index (χ3v) is 5.84. The minimum absolute atomic E-state index is 0.0601. The first-order valence-corrected chi connectivity index (χ1v) is 9.34. The zero-order valence-corrected chi connectivity index (χ0v) is 14.9. The number of H-pyrrole nitrogens is 1. The predicted octanol–water partition coefficient (Wildman–Crippen LogP) is 1.66. The van der Waals surface area contributed by atoms with Crippen LogP contribution in [0.4, 0.5) is 0 Å². The number of hydrogen-bond acceptors (Lipinski definition) is 6. The molecule has 4 rings (SSSR count). The number of aryl methyl sites for hydroxylation is 1. The molecule has 4 heterocycles. The highest BCUT2D eigenvalue weighted by Gasteiger charge is 2.28. The van der Waals surface area contributed by atoms with Gasteiger partial charge in [0.25, 0.3) is 5.56 Å². The quantitative estimate of drug-likeness (QED) is 0.740. The number of piperidine rings is 1. The molecule has 0 aromatic carbocycles. The molecule has 1 saturated heterocycles. The number of hydrogen-bond donors (Lipinski definition) is 2. The number of aromatic amines is 1. The molecule has 0 spiro atoms. The van der Waals surface area contributed by atoms with E-state index in [4.69, 9.17) is 0 Å². The van der Waals surface area contributed by atoms with Crippen molar-refractivity contribution in [3.8, 4) is 0 Å². The van der Waals surface area contributed by atoms with Crippen LogP contribution in [0.25, 0.3) is 10.2 Å². The Labute approximate surface area is 149 Å². The Hall–Kier alpha value is -2.03. The molecule has 0 amide bonds. The van der Waals surface area contributed by atoms with E-state index in [9.17, 15) is 9.90 Å². The fourth-order valence-electron chi connectivity index (χ4n) is 3.51. The second kappa shape index (κ2) is 6.70. The van der Waals surface area contributed by atoms with Gasteiger partial charge >= 0.3 is 0 Å². The van der Waals surface area contributed by atoms with Gasteiger partial charge < -0.3 is 14.7 Å².